The van der Waals surface area contributed by atoms with Crippen LogP contribution in [0, 0.1) is 5.92 Å². The van der Waals surface area contributed by atoms with Gasteiger partial charge in [-0.1, -0.05) is 0 Å². The molecule has 1 saturated heterocycles. The van der Waals surface area contributed by atoms with Crippen LogP contribution in [0.1, 0.15) is 32.6 Å². The van der Waals surface area contributed by atoms with Crippen molar-refractivity contribution >= 4 is 29.9 Å². The monoisotopic (exact) mass is 423 g/mol. The lowest BCUT2D eigenvalue weighted by Crippen LogP contribution is -2.39. The average molecular weight is 423 g/mol. The van der Waals surface area contributed by atoms with E-state index in [2.05, 4.69) is 39.4 Å². The quantitative estimate of drug-likeness (QED) is 0.283. The first kappa shape index (κ1) is 20.0. The number of likely N-dealkylation sites (N-methyl/N-ethyl adjacent to an activating group) is 1. The summed E-state index contributed by atoms with van der Waals surface area (Å²) in [5.41, 5.74) is 0. The van der Waals surface area contributed by atoms with Gasteiger partial charge in [-0.05, 0) is 65.2 Å². The fraction of sp³-hybridized carbons (Fsp3) is 0.938. The lowest BCUT2D eigenvalue weighted by molar-refractivity contribution is 0.274. The van der Waals surface area contributed by atoms with Gasteiger partial charge in [-0.25, -0.2) is 0 Å². The Morgan fingerprint density at radius 1 is 1.14 bits per heavy atom. The summed E-state index contributed by atoms with van der Waals surface area (Å²) >= 11 is 0. The van der Waals surface area contributed by atoms with Gasteiger partial charge in [0, 0.05) is 32.7 Å². The van der Waals surface area contributed by atoms with Crippen molar-refractivity contribution in [1.82, 2.24) is 20.4 Å². The van der Waals surface area contributed by atoms with E-state index in [-0.39, 0.29) is 24.0 Å². The highest BCUT2D eigenvalue weighted by Crippen LogP contribution is 2.28. The van der Waals surface area contributed by atoms with E-state index in [0.29, 0.717) is 0 Å². The first-order chi connectivity index (χ1) is 10.3. The Labute approximate surface area is 153 Å². The van der Waals surface area contributed by atoms with Crippen LogP contribution in [0.5, 0.6) is 0 Å². The highest BCUT2D eigenvalue weighted by Gasteiger charge is 2.20. The van der Waals surface area contributed by atoms with Gasteiger partial charge in [0.1, 0.15) is 0 Å². The highest BCUT2D eigenvalue weighted by molar-refractivity contribution is 14.0. The van der Waals surface area contributed by atoms with Crippen molar-refractivity contribution in [2.45, 2.75) is 32.6 Å². The second-order valence-electron chi connectivity index (χ2n) is 6.44. The van der Waals surface area contributed by atoms with Crippen molar-refractivity contribution in [3.8, 4) is 0 Å². The third-order valence-corrected chi connectivity index (χ3v) is 4.30. The number of halogens is 1. The lowest BCUT2D eigenvalue weighted by atomic mass is 10.3. The fourth-order valence-electron chi connectivity index (χ4n) is 2.70. The minimum absolute atomic E-state index is 0. The molecule has 2 rings (SSSR count). The first-order valence-electron chi connectivity index (χ1n) is 8.71. The summed E-state index contributed by atoms with van der Waals surface area (Å²) in [4.78, 5) is 9.69. The molecule has 1 heterocycles. The van der Waals surface area contributed by atoms with E-state index in [4.69, 9.17) is 0 Å². The summed E-state index contributed by atoms with van der Waals surface area (Å²) in [7, 11) is 2.23. The zero-order chi connectivity index (χ0) is 14.9. The molecule has 0 aromatic heterocycles. The van der Waals surface area contributed by atoms with Crippen LogP contribution in [0.25, 0.3) is 0 Å². The molecule has 0 unspecified atom stereocenters. The van der Waals surface area contributed by atoms with Crippen LogP contribution in [0.15, 0.2) is 4.99 Å². The Kier molecular flexibility index (Phi) is 10.4. The minimum Gasteiger partial charge on any atom is -0.357 e. The number of rotatable bonds is 7. The van der Waals surface area contributed by atoms with Crippen LogP contribution in [0.2, 0.25) is 0 Å². The van der Waals surface area contributed by atoms with Gasteiger partial charge in [-0.3, -0.25) is 4.99 Å². The molecular formula is C16H34IN5. The summed E-state index contributed by atoms with van der Waals surface area (Å²) in [6.07, 6.45) is 5.23. The lowest BCUT2D eigenvalue weighted by Gasteiger charge is -2.20. The van der Waals surface area contributed by atoms with Crippen molar-refractivity contribution in [3.63, 3.8) is 0 Å². The number of nitrogens with zero attached hydrogens (tertiary/aromatic N) is 3. The fourth-order valence-corrected chi connectivity index (χ4v) is 2.70. The third-order valence-electron chi connectivity index (χ3n) is 4.30. The largest absolute Gasteiger partial charge is 0.357 e. The van der Waals surface area contributed by atoms with E-state index in [1.165, 1.54) is 58.4 Å². The van der Waals surface area contributed by atoms with Crippen LogP contribution in [0.3, 0.4) is 0 Å². The van der Waals surface area contributed by atoms with Crippen LogP contribution < -0.4 is 10.6 Å². The molecule has 1 saturated carbocycles. The molecule has 5 nitrogen and oxygen atoms in total. The van der Waals surface area contributed by atoms with Crippen molar-refractivity contribution in [3.05, 3.63) is 0 Å². The predicted molar refractivity (Wildman–Crippen MR) is 105 cm³/mol. The van der Waals surface area contributed by atoms with Gasteiger partial charge in [0.05, 0.1) is 0 Å². The molecule has 0 aromatic rings. The maximum Gasteiger partial charge on any atom is 0.191 e. The van der Waals surface area contributed by atoms with E-state index in [9.17, 15) is 0 Å². The van der Waals surface area contributed by atoms with Gasteiger partial charge in [0.25, 0.3) is 0 Å². The molecule has 1 aliphatic carbocycles. The molecule has 2 fully saturated rings. The Bertz CT molecular complexity index is 320. The normalized spacial score (nSPS) is 21.1. The molecule has 0 spiro atoms. The van der Waals surface area contributed by atoms with Gasteiger partial charge in [-0.2, -0.15) is 0 Å². The molecule has 0 atom stereocenters. The number of guanidine groups is 1. The maximum atomic E-state index is 4.66. The summed E-state index contributed by atoms with van der Waals surface area (Å²) in [6.45, 7) is 11.2. The van der Waals surface area contributed by atoms with Gasteiger partial charge < -0.3 is 20.4 Å². The summed E-state index contributed by atoms with van der Waals surface area (Å²) < 4.78 is 0. The molecule has 2 N–H and O–H groups in total. The Hall–Kier alpha value is -0.0800. The number of aliphatic imine (C=N–C) groups is 1. The number of hydrogen-bond donors (Lipinski definition) is 2. The highest BCUT2D eigenvalue weighted by atomic mass is 127. The molecule has 130 valence electrons. The van der Waals surface area contributed by atoms with E-state index >= 15 is 0 Å². The SMILES string of the molecule is CCNC(=NCC1CC1)NCCCN1CCCN(C)CC1.I. The van der Waals surface area contributed by atoms with Crippen LogP contribution in [0.4, 0.5) is 0 Å². The van der Waals surface area contributed by atoms with Crippen molar-refractivity contribution in [1.29, 1.82) is 0 Å². The predicted octanol–water partition coefficient (Wildman–Crippen LogP) is 1.60. The second-order valence-corrected chi connectivity index (χ2v) is 6.44. The van der Waals surface area contributed by atoms with Crippen LogP contribution in [-0.2, 0) is 0 Å². The molecule has 1 aliphatic heterocycles. The average Bonchev–Trinajstić information content (AvgIpc) is 3.30. The van der Waals surface area contributed by atoms with Gasteiger partial charge in [0.2, 0.25) is 0 Å². The van der Waals surface area contributed by atoms with Gasteiger partial charge in [0.15, 0.2) is 5.96 Å². The summed E-state index contributed by atoms with van der Waals surface area (Å²) in [5.74, 6) is 1.86. The third kappa shape index (κ3) is 8.53. The van der Waals surface area contributed by atoms with Crippen molar-refractivity contribution in [2.24, 2.45) is 10.9 Å². The zero-order valence-electron chi connectivity index (χ0n) is 14.3. The topological polar surface area (TPSA) is 42.9 Å². The van der Waals surface area contributed by atoms with E-state index in [1.807, 2.05) is 0 Å². The molecule has 6 heteroatoms. The van der Waals surface area contributed by atoms with Gasteiger partial charge >= 0.3 is 0 Å². The van der Waals surface area contributed by atoms with Crippen LogP contribution >= 0.6 is 24.0 Å². The molecule has 2 aliphatic rings. The van der Waals surface area contributed by atoms with Crippen LogP contribution in [-0.4, -0.2) is 75.2 Å². The van der Waals surface area contributed by atoms with Crippen molar-refractivity contribution in [2.75, 3.05) is 59.4 Å². The summed E-state index contributed by atoms with van der Waals surface area (Å²) in [6, 6.07) is 0. The molecule has 0 bridgehead atoms. The standard InChI is InChI=1S/C16H33N5.HI/c1-3-17-16(19-14-15-6-7-15)18-8-4-10-21-11-5-9-20(2)12-13-21;/h15H,3-14H2,1-2H3,(H2,17,18,19);1H. The molecule has 0 radical (unpaired) electrons. The first-order valence-corrected chi connectivity index (χ1v) is 8.71. The molecule has 0 amide bonds. The van der Waals surface area contributed by atoms with E-state index in [0.717, 1.165) is 31.5 Å². The number of nitrogens with one attached hydrogen (secondary N) is 2. The van der Waals surface area contributed by atoms with E-state index in [1.54, 1.807) is 0 Å². The maximum absolute atomic E-state index is 4.66. The molecule has 22 heavy (non-hydrogen) atoms. The Balaban J connectivity index is 0.00000242. The Morgan fingerprint density at radius 2 is 1.95 bits per heavy atom. The minimum atomic E-state index is 0. The van der Waals surface area contributed by atoms with E-state index < -0.39 is 0 Å². The van der Waals surface area contributed by atoms with Crippen molar-refractivity contribution < 1.29 is 0 Å². The molecular weight excluding hydrogens is 389 g/mol. The molecule has 0 aromatic carbocycles. The van der Waals surface area contributed by atoms with Gasteiger partial charge in [-0.15, -0.1) is 24.0 Å². The second kappa shape index (κ2) is 11.5. The smallest absolute Gasteiger partial charge is 0.191 e. The summed E-state index contributed by atoms with van der Waals surface area (Å²) in [5, 5.41) is 6.81. The Morgan fingerprint density at radius 3 is 2.68 bits per heavy atom. The number of hydrogen-bond acceptors (Lipinski definition) is 3. The zero-order valence-corrected chi connectivity index (χ0v) is 16.6.